The smallest absolute Gasteiger partial charge is 0.332 e. The molecule has 2 saturated heterocycles. The number of rotatable bonds is 1. The lowest BCUT2D eigenvalue weighted by molar-refractivity contribution is 0.228. The maximum absolute atomic E-state index is 11.9. The van der Waals surface area contributed by atoms with E-state index in [2.05, 4.69) is 15.3 Å². The van der Waals surface area contributed by atoms with E-state index in [1.807, 2.05) is 6.07 Å². The fraction of sp³-hybridized carbons (Fsp3) is 0.545. The molecule has 17 heavy (non-hydrogen) atoms. The van der Waals surface area contributed by atoms with Gasteiger partial charge < -0.3 is 10.2 Å². The van der Waals surface area contributed by atoms with Crippen molar-refractivity contribution in [2.24, 2.45) is 5.92 Å². The molecule has 0 spiro atoms. The predicted octanol–water partition coefficient (Wildman–Crippen LogP) is 0.0166. The van der Waals surface area contributed by atoms with Crippen molar-refractivity contribution in [1.82, 2.24) is 20.0 Å². The number of nitriles is 1. The molecule has 0 aromatic carbocycles. The lowest BCUT2D eigenvalue weighted by atomic mass is 10.0. The highest BCUT2D eigenvalue weighted by Gasteiger charge is 2.38. The van der Waals surface area contributed by atoms with Gasteiger partial charge in [0.05, 0.1) is 18.0 Å². The minimum Gasteiger partial charge on any atom is -0.332 e. The molecule has 2 aliphatic rings. The normalized spacial score (nSPS) is 30.2. The lowest BCUT2D eigenvalue weighted by Gasteiger charge is -2.22. The summed E-state index contributed by atoms with van der Waals surface area (Å²) >= 11 is 0. The molecule has 3 rings (SSSR count). The number of nitrogens with one attached hydrogen (secondary N) is 1. The molecule has 2 bridgehead atoms. The molecule has 1 aromatic heterocycles. The van der Waals surface area contributed by atoms with Crippen LogP contribution in [0.3, 0.4) is 0 Å². The maximum atomic E-state index is 11.9. The first-order valence-corrected chi connectivity index (χ1v) is 5.74. The summed E-state index contributed by atoms with van der Waals surface area (Å²) in [5.41, 5.74) is 0.400. The van der Waals surface area contributed by atoms with Crippen molar-refractivity contribution in [3.05, 3.63) is 18.0 Å². The Labute approximate surface area is 98.8 Å². The summed E-state index contributed by atoms with van der Waals surface area (Å²) in [4.78, 5) is 14.2. The second kappa shape index (κ2) is 3.86. The largest absolute Gasteiger partial charge is 0.342 e. The molecule has 3 atom stereocenters. The van der Waals surface area contributed by atoms with Gasteiger partial charge in [0.2, 0.25) is 0 Å². The van der Waals surface area contributed by atoms with E-state index >= 15 is 0 Å². The Morgan fingerprint density at radius 3 is 3.06 bits per heavy atom. The summed E-state index contributed by atoms with van der Waals surface area (Å²) in [5.74, 6) is 0.574. The Hall–Kier alpha value is -1.87. The minimum absolute atomic E-state index is 0.228. The molecule has 2 fully saturated rings. The third-order valence-corrected chi connectivity index (χ3v) is 3.56. The van der Waals surface area contributed by atoms with Crippen molar-refractivity contribution in [2.75, 3.05) is 19.6 Å². The highest BCUT2D eigenvalue weighted by molar-refractivity contribution is 5.76. The van der Waals surface area contributed by atoms with Gasteiger partial charge in [0.15, 0.2) is 0 Å². The van der Waals surface area contributed by atoms with Crippen LogP contribution in [0.25, 0.3) is 0 Å². The van der Waals surface area contributed by atoms with Crippen LogP contribution in [0.2, 0.25) is 0 Å². The van der Waals surface area contributed by atoms with Gasteiger partial charge in [0.1, 0.15) is 6.07 Å². The van der Waals surface area contributed by atoms with Crippen LogP contribution < -0.4 is 5.32 Å². The van der Waals surface area contributed by atoms with Gasteiger partial charge in [-0.3, -0.25) is 0 Å². The number of fused-ring (bicyclic) bond motifs is 2. The van der Waals surface area contributed by atoms with E-state index in [9.17, 15) is 4.79 Å². The first kappa shape index (κ1) is 10.3. The average Bonchev–Trinajstić information content (AvgIpc) is 3.04. The van der Waals surface area contributed by atoms with Crippen LogP contribution in [0.15, 0.2) is 12.4 Å². The number of hydrogen-bond acceptors (Lipinski definition) is 4. The number of piperidine rings is 1. The summed E-state index contributed by atoms with van der Waals surface area (Å²) < 4.78 is 1.19. The number of carbonyl (C=O) groups excluding carboxylic acids is 1. The molecule has 2 aliphatic heterocycles. The van der Waals surface area contributed by atoms with Crippen LogP contribution >= 0.6 is 0 Å². The van der Waals surface area contributed by atoms with Crippen molar-refractivity contribution < 1.29 is 4.79 Å². The molecule has 6 nitrogen and oxygen atoms in total. The van der Waals surface area contributed by atoms with Gasteiger partial charge in [0, 0.05) is 19.1 Å². The Balaban J connectivity index is 1.66. The van der Waals surface area contributed by atoms with E-state index in [1.54, 1.807) is 0 Å². The van der Waals surface area contributed by atoms with Crippen LogP contribution in [-0.4, -0.2) is 46.4 Å². The molecule has 0 saturated carbocycles. The summed E-state index contributed by atoms with van der Waals surface area (Å²) in [7, 11) is 0. The lowest BCUT2D eigenvalue weighted by Crippen LogP contribution is -2.45. The molecule has 88 valence electrons. The molecule has 0 radical (unpaired) electrons. The molecular formula is C11H13N5O. The Morgan fingerprint density at radius 2 is 2.47 bits per heavy atom. The first-order chi connectivity index (χ1) is 8.26. The maximum Gasteiger partial charge on any atom is 0.342 e. The number of amides is 1. The van der Waals surface area contributed by atoms with Gasteiger partial charge in [0.25, 0.3) is 0 Å². The number of aromatic nitrogens is 2. The van der Waals surface area contributed by atoms with Gasteiger partial charge in [-0.25, -0.2) is 4.79 Å². The average molecular weight is 231 g/mol. The van der Waals surface area contributed by atoms with Crippen molar-refractivity contribution in [1.29, 1.82) is 5.26 Å². The molecule has 2 unspecified atom stereocenters. The molecule has 0 aliphatic carbocycles. The van der Waals surface area contributed by atoms with Crippen molar-refractivity contribution >= 4 is 6.03 Å². The summed E-state index contributed by atoms with van der Waals surface area (Å²) in [5, 5.41) is 15.5. The standard InChI is InChI=1S/C11H13N5O/c12-3-8-4-13-16(5-8)11(17)14-10-7-15-2-1-9(10)6-15/h4-5,9-10H,1-2,6-7H2,(H,14,17)/t9-,10?/m0/s1. The van der Waals surface area contributed by atoms with Gasteiger partial charge >= 0.3 is 6.03 Å². The van der Waals surface area contributed by atoms with Gasteiger partial charge in [-0.1, -0.05) is 0 Å². The molecular weight excluding hydrogens is 218 g/mol. The third kappa shape index (κ3) is 1.78. The predicted molar refractivity (Wildman–Crippen MR) is 59.2 cm³/mol. The van der Waals surface area contributed by atoms with Crippen molar-refractivity contribution in [3.63, 3.8) is 0 Å². The van der Waals surface area contributed by atoms with E-state index in [4.69, 9.17) is 5.26 Å². The van der Waals surface area contributed by atoms with Crippen LogP contribution in [0.4, 0.5) is 4.79 Å². The summed E-state index contributed by atoms with van der Waals surface area (Å²) in [6.45, 7) is 3.17. The topological polar surface area (TPSA) is 73.9 Å². The fourth-order valence-corrected chi connectivity index (χ4v) is 2.66. The first-order valence-electron chi connectivity index (χ1n) is 5.74. The fourth-order valence-electron chi connectivity index (χ4n) is 2.66. The number of carbonyl (C=O) groups is 1. The van der Waals surface area contributed by atoms with E-state index in [-0.39, 0.29) is 12.1 Å². The van der Waals surface area contributed by atoms with Gasteiger partial charge in [-0.2, -0.15) is 15.0 Å². The monoisotopic (exact) mass is 231 g/mol. The summed E-state index contributed by atoms with van der Waals surface area (Å²) in [6, 6.07) is 1.93. The molecule has 1 aromatic rings. The SMILES string of the molecule is N#Cc1cnn(C(=O)NC2CN3CC[C@H]2C3)c1. The third-order valence-electron chi connectivity index (χ3n) is 3.56. The summed E-state index contributed by atoms with van der Waals surface area (Å²) in [6.07, 6.45) is 4.00. The highest BCUT2D eigenvalue weighted by Crippen LogP contribution is 2.27. The van der Waals surface area contributed by atoms with E-state index in [0.29, 0.717) is 11.5 Å². The Kier molecular flexibility index (Phi) is 2.34. The van der Waals surface area contributed by atoms with Crippen LogP contribution in [0.5, 0.6) is 0 Å². The second-order valence-electron chi connectivity index (χ2n) is 4.65. The zero-order chi connectivity index (χ0) is 11.8. The molecule has 3 heterocycles. The van der Waals surface area contributed by atoms with Gasteiger partial charge in [-0.15, -0.1) is 0 Å². The van der Waals surface area contributed by atoms with Crippen LogP contribution in [0.1, 0.15) is 12.0 Å². The number of hydrogen-bond donors (Lipinski definition) is 1. The Bertz CT molecular complexity index is 488. The Morgan fingerprint density at radius 1 is 1.59 bits per heavy atom. The zero-order valence-electron chi connectivity index (χ0n) is 9.33. The highest BCUT2D eigenvalue weighted by atomic mass is 16.2. The zero-order valence-corrected chi connectivity index (χ0v) is 9.33. The van der Waals surface area contributed by atoms with Crippen molar-refractivity contribution in [2.45, 2.75) is 12.5 Å². The van der Waals surface area contributed by atoms with E-state index in [1.165, 1.54) is 17.1 Å². The van der Waals surface area contributed by atoms with E-state index < -0.39 is 0 Å². The van der Waals surface area contributed by atoms with E-state index in [0.717, 1.165) is 26.1 Å². The second-order valence-corrected chi connectivity index (χ2v) is 4.65. The molecule has 1 N–H and O–H groups in total. The molecule has 6 heteroatoms. The molecule has 1 amide bonds. The minimum atomic E-state index is -0.245. The van der Waals surface area contributed by atoms with Crippen molar-refractivity contribution in [3.8, 4) is 6.07 Å². The van der Waals surface area contributed by atoms with Crippen LogP contribution in [-0.2, 0) is 0 Å². The van der Waals surface area contributed by atoms with Crippen LogP contribution in [0, 0.1) is 17.2 Å². The number of nitrogens with zero attached hydrogens (tertiary/aromatic N) is 4. The van der Waals surface area contributed by atoms with Gasteiger partial charge in [-0.05, 0) is 18.9 Å². The quantitative estimate of drug-likeness (QED) is 0.739.